The second kappa shape index (κ2) is 1.45. The lowest BCUT2D eigenvalue weighted by Crippen LogP contribution is -1.73. The van der Waals surface area contributed by atoms with Gasteiger partial charge in [-0.2, -0.15) is 0 Å². The highest BCUT2D eigenvalue weighted by Crippen LogP contribution is 1.57. The van der Waals surface area contributed by atoms with E-state index in [-0.39, 0.29) is 6.30 Å². The van der Waals surface area contributed by atoms with Crippen LogP contribution in [-0.2, 0) is 0 Å². The van der Waals surface area contributed by atoms with Gasteiger partial charge in [-0.3, -0.25) is 0 Å². The Bertz CT molecular complexity index is 140. The third kappa shape index (κ3) is 0.484. The third-order valence-electron chi connectivity index (χ3n) is 0.364. The summed E-state index contributed by atoms with van der Waals surface area (Å²) in [6, 6.07) is 0. The molecule has 0 aliphatic rings. The first-order chi connectivity index (χ1) is 3.39. The quantitative estimate of drug-likeness (QED) is 0.437. The van der Waals surface area contributed by atoms with E-state index in [0.29, 0.717) is 0 Å². The van der Waals surface area contributed by atoms with Crippen molar-refractivity contribution >= 4 is 0 Å². The maximum absolute atomic E-state index is 6.73. The van der Waals surface area contributed by atoms with Crippen LogP contribution in [0.15, 0.2) is 19.0 Å². The summed E-state index contributed by atoms with van der Waals surface area (Å²) in [7, 11) is 0. The van der Waals surface area contributed by atoms with E-state index in [2.05, 4.69) is 15.0 Å². The average molecular weight is 82.1 g/mol. The van der Waals surface area contributed by atoms with Crippen molar-refractivity contribution in [2.75, 3.05) is 0 Å². The fourth-order valence-corrected chi connectivity index (χ4v) is 0.181. The van der Waals surface area contributed by atoms with Crippen molar-refractivity contribution in [1.82, 2.24) is 15.0 Å². The van der Waals surface area contributed by atoms with Crippen molar-refractivity contribution in [2.45, 2.75) is 0 Å². The second-order valence-corrected chi connectivity index (χ2v) is 0.738. The van der Waals surface area contributed by atoms with Crippen LogP contribution in [0.4, 0.5) is 0 Å². The molecule has 3 nitrogen and oxygen atoms in total. The van der Waals surface area contributed by atoms with E-state index in [9.17, 15) is 0 Å². The molecule has 0 saturated carbocycles. The summed E-state index contributed by atoms with van der Waals surface area (Å²) in [5.41, 5.74) is 0. The SMILES string of the molecule is [2H]c1ncncn1. The average Bonchev–Trinajstić information content (AvgIpc) is 1.69. The number of rotatable bonds is 0. The second-order valence-electron chi connectivity index (χ2n) is 0.738. The van der Waals surface area contributed by atoms with E-state index in [1.807, 2.05) is 0 Å². The Balaban J connectivity index is 3.02. The predicted molar refractivity (Wildman–Crippen MR) is 19.8 cm³/mol. The van der Waals surface area contributed by atoms with Crippen LogP contribution in [0.2, 0.25) is 0 Å². The maximum Gasteiger partial charge on any atom is 0.119 e. The molecular formula is C3H3N3. The predicted octanol–water partition coefficient (Wildman–Crippen LogP) is -0.128. The van der Waals surface area contributed by atoms with Crippen LogP contribution in [-0.4, -0.2) is 15.0 Å². The first kappa shape index (κ1) is 2.23. The minimum absolute atomic E-state index is 0.00926. The summed E-state index contributed by atoms with van der Waals surface area (Å²) in [6.07, 6.45) is 2.58. The third-order valence-corrected chi connectivity index (χ3v) is 0.364. The van der Waals surface area contributed by atoms with Crippen molar-refractivity contribution in [3.63, 3.8) is 0 Å². The Kier molecular flexibility index (Phi) is 0.538. The van der Waals surface area contributed by atoms with Crippen LogP contribution in [0.3, 0.4) is 0 Å². The monoisotopic (exact) mass is 82.0 g/mol. The van der Waals surface area contributed by atoms with Gasteiger partial charge in [0.1, 0.15) is 20.3 Å². The molecular weight excluding hydrogens is 78.1 g/mol. The van der Waals surface area contributed by atoms with Crippen molar-refractivity contribution in [1.29, 1.82) is 0 Å². The summed E-state index contributed by atoms with van der Waals surface area (Å²) in [5, 5.41) is 0. The van der Waals surface area contributed by atoms with Gasteiger partial charge < -0.3 is 0 Å². The van der Waals surface area contributed by atoms with Crippen LogP contribution in [0.25, 0.3) is 0 Å². The van der Waals surface area contributed by atoms with Crippen LogP contribution in [0, 0.1) is 0 Å². The highest BCUT2D eigenvalue weighted by Gasteiger charge is 1.59. The molecule has 0 spiro atoms. The van der Waals surface area contributed by atoms with Crippen molar-refractivity contribution in [2.24, 2.45) is 0 Å². The van der Waals surface area contributed by atoms with E-state index in [1.54, 1.807) is 0 Å². The van der Waals surface area contributed by atoms with Gasteiger partial charge in [0, 0.05) is 0 Å². The molecule has 0 saturated heterocycles. The topological polar surface area (TPSA) is 38.7 Å². The van der Waals surface area contributed by atoms with E-state index >= 15 is 0 Å². The zero-order valence-corrected chi connectivity index (χ0v) is 3.00. The lowest BCUT2D eigenvalue weighted by Gasteiger charge is -1.69. The first-order valence-electron chi connectivity index (χ1n) is 1.98. The summed E-state index contributed by atoms with van der Waals surface area (Å²) in [6.45, 7) is 0. The summed E-state index contributed by atoms with van der Waals surface area (Å²) < 4.78 is 6.73. The molecule has 0 radical (unpaired) electrons. The summed E-state index contributed by atoms with van der Waals surface area (Å²) >= 11 is 0. The molecule has 0 aromatic carbocycles. The Hall–Kier alpha value is -0.990. The number of nitrogens with zero attached hydrogens (tertiary/aromatic N) is 3. The molecule has 0 unspecified atom stereocenters. The van der Waals surface area contributed by atoms with Crippen LogP contribution in [0.5, 0.6) is 0 Å². The summed E-state index contributed by atoms with van der Waals surface area (Å²) in [4.78, 5) is 10.4. The molecule has 0 aliphatic heterocycles. The van der Waals surface area contributed by atoms with Crippen LogP contribution >= 0.6 is 0 Å². The lowest BCUT2D eigenvalue weighted by molar-refractivity contribution is 1.05. The molecule has 0 N–H and O–H groups in total. The van der Waals surface area contributed by atoms with Gasteiger partial charge in [0.15, 0.2) is 0 Å². The standard InChI is InChI=1S/C3H3N3/c1-4-2-6-3-5-1/h1-3H/i1D. The summed E-state index contributed by atoms with van der Waals surface area (Å²) in [5.74, 6) is 0. The lowest BCUT2D eigenvalue weighted by atomic mass is 11.1. The Morgan fingerprint density at radius 3 is 2.17 bits per heavy atom. The molecule has 3 heteroatoms. The minimum Gasteiger partial charge on any atom is -0.225 e. The highest BCUT2D eigenvalue weighted by atomic mass is 14.9. The van der Waals surface area contributed by atoms with Gasteiger partial charge in [0.2, 0.25) is 0 Å². The molecule has 0 amide bonds. The Morgan fingerprint density at radius 2 is 1.83 bits per heavy atom. The van der Waals surface area contributed by atoms with Crippen molar-refractivity contribution < 1.29 is 1.37 Å². The van der Waals surface area contributed by atoms with Gasteiger partial charge in [-0.1, -0.05) is 0 Å². The number of aromatic nitrogens is 3. The number of hydrogen-bond acceptors (Lipinski definition) is 3. The smallest absolute Gasteiger partial charge is 0.119 e. The van der Waals surface area contributed by atoms with E-state index in [4.69, 9.17) is 1.37 Å². The minimum atomic E-state index is 0.00926. The fourth-order valence-electron chi connectivity index (χ4n) is 0.181. The maximum atomic E-state index is 6.73. The molecule has 0 atom stereocenters. The zero-order chi connectivity index (χ0) is 5.11. The molecule has 1 heterocycles. The number of hydrogen-bond donors (Lipinski definition) is 0. The van der Waals surface area contributed by atoms with Crippen LogP contribution < -0.4 is 0 Å². The van der Waals surface area contributed by atoms with E-state index in [1.165, 1.54) is 12.7 Å². The van der Waals surface area contributed by atoms with Crippen molar-refractivity contribution in [3.8, 4) is 0 Å². The van der Waals surface area contributed by atoms with Gasteiger partial charge in [-0.05, 0) is 0 Å². The van der Waals surface area contributed by atoms with Gasteiger partial charge in [-0.25, -0.2) is 15.0 Å². The molecule has 0 aliphatic carbocycles. The first-order valence-corrected chi connectivity index (χ1v) is 1.48. The molecule has 0 bridgehead atoms. The molecule has 0 fully saturated rings. The fraction of sp³-hybridized carbons (Fsp3) is 0. The highest BCUT2D eigenvalue weighted by molar-refractivity contribution is 4.51. The molecule has 1 aromatic rings. The van der Waals surface area contributed by atoms with E-state index < -0.39 is 0 Å². The molecule has 6 heavy (non-hydrogen) atoms. The zero-order valence-electron chi connectivity index (χ0n) is 4.00. The van der Waals surface area contributed by atoms with E-state index in [0.717, 1.165) is 0 Å². The Morgan fingerprint density at radius 1 is 1.17 bits per heavy atom. The van der Waals surface area contributed by atoms with Gasteiger partial charge in [0.05, 0.1) is 0 Å². The van der Waals surface area contributed by atoms with Crippen LogP contribution in [0.1, 0.15) is 1.37 Å². The van der Waals surface area contributed by atoms with Crippen molar-refractivity contribution in [3.05, 3.63) is 19.0 Å². The molecule has 1 rings (SSSR count). The molecule has 1 aromatic heterocycles. The Labute approximate surface area is 36.5 Å². The normalized spacial score (nSPS) is 10.3. The van der Waals surface area contributed by atoms with Gasteiger partial charge in [-0.15, -0.1) is 0 Å². The van der Waals surface area contributed by atoms with Gasteiger partial charge >= 0.3 is 0 Å². The largest absolute Gasteiger partial charge is 0.225 e. The molecule has 30 valence electrons. The van der Waals surface area contributed by atoms with Gasteiger partial charge in [0.25, 0.3) is 0 Å².